The molecule has 0 fully saturated rings. The highest BCUT2D eigenvalue weighted by atomic mass is 19.1. The maximum atomic E-state index is 13.2. The highest BCUT2D eigenvalue weighted by Crippen LogP contribution is 2.18. The van der Waals surface area contributed by atoms with Gasteiger partial charge in [0.2, 0.25) is 0 Å². The van der Waals surface area contributed by atoms with Crippen LogP contribution in [0.3, 0.4) is 0 Å². The highest BCUT2D eigenvalue weighted by molar-refractivity contribution is 5.99. The van der Waals surface area contributed by atoms with Gasteiger partial charge in [0.05, 0.1) is 0 Å². The molecule has 0 unspecified atom stereocenters. The second-order valence-electron chi connectivity index (χ2n) is 5.48. The summed E-state index contributed by atoms with van der Waals surface area (Å²) < 4.78 is 26.5. The molecule has 0 amide bonds. The van der Waals surface area contributed by atoms with E-state index in [1.165, 1.54) is 12.1 Å². The van der Waals surface area contributed by atoms with Crippen LogP contribution in [0, 0.1) is 11.6 Å². The van der Waals surface area contributed by atoms with Crippen LogP contribution in [0.15, 0.2) is 63.9 Å². The molecule has 0 saturated carbocycles. The number of rotatable bonds is 5. The summed E-state index contributed by atoms with van der Waals surface area (Å²) in [6.07, 6.45) is 8.05. The zero-order valence-electron chi connectivity index (χ0n) is 14.7. The predicted octanol–water partition coefficient (Wildman–Crippen LogP) is 4.96. The number of hydrazone groups is 1. The van der Waals surface area contributed by atoms with Crippen LogP contribution in [0.5, 0.6) is 0 Å². The minimum Gasteiger partial charge on any atom is -0.321 e. The van der Waals surface area contributed by atoms with Gasteiger partial charge in [-0.1, -0.05) is 36.4 Å². The van der Waals surface area contributed by atoms with Crippen molar-refractivity contribution in [3.8, 4) is 0 Å². The summed E-state index contributed by atoms with van der Waals surface area (Å²) in [7, 11) is 1.55. The first-order chi connectivity index (χ1) is 12.6. The predicted molar refractivity (Wildman–Crippen MR) is 102 cm³/mol. The first kappa shape index (κ1) is 19.2. The largest absolute Gasteiger partial charge is 0.321 e. The van der Waals surface area contributed by atoms with Crippen LogP contribution in [0.4, 0.5) is 8.78 Å². The fourth-order valence-electron chi connectivity index (χ4n) is 2.49. The Morgan fingerprint density at radius 3 is 2.38 bits per heavy atom. The van der Waals surface area contributed by atoms with E-state index in [2.05, 4.69) is 15.3 Å². The van der Waals surface area contributed by atoms with Gasteiger partial charge in [0.25, 0.3) is 0 Å². The maximum Gasteiger partial charge on any atom is 0.200 e. The molecule has 2 rings (SSSR count). The Labute approximate surface area is 151 Å². The SMILES string of the molecule is C/C=C\c1cc(/C(N=NC)=N/N)ccc1/C=C\Cc1cc(F)cc(F)c1. The molecule has 134 valence electrons. The van der Waals surface area contributed by atoms with Crippen molar-refractivity contribution in [1.29, 1.82) is 0 Å². The first-order valence-electron chi connectivity index (χ1n) is 8.03. The topological polar surface area (TPSA) is 63.1 Å². The van der Waals surface area contributed by atoms with Crippen LogP contribution in [-0.4, -0.2) is 12.9 Å². The number of hydrogen-bond acceptors (Lipinski definition) is 3. The van der Waals surface area contributed by atoms with Gasteiger partial charge in [-0.15, -0.1) is 5.11 Å². The van der Waals surface area contributed by atoms with Gasteiger partial charge in [0, 0.05) is 18.7 Å². The molecular weight excluding hydrogens is 334 g/mol. The maximum absolute atomic E-state index is 13.2. The molecule has 4 nitrogen and oxygen atoms in total. The van der Waals surface area contributed by atoms with Crippen LogP contribution in [0.1, 0.15) is 29.2 Å². The number of nitrogens with zero attached hydrogens (tertiary/aromatic N) is 3. The second-order valence-corrected chi connectivity index (χ2v) is 5.48. The fourth-order valence-corrected chi connectivity index (χ4v) is 2.49. The second kappa shape index (κ2) is 9.36. The fraction of sp³-hybridized carbons (Fsp3) is 0.150. The Kier molecular flexibility index (Phi) is 6.91. The molecule has 0 atom stereocenters. The lowest BCUT2D eigenvalue weighted by Crippen LogP contribution is -2.01. The minimum absolute atomic E-state index is 0.337. The third kappa shape index (κ3) is 5.17. The van der Waals surface area contributed by atoms with Crippen LogP contribution in [0.2, 0.25) is 0 Å². The van der Waals surface area contributed by atoms with Crippen molar-refractivity contribution < 1.29 is 8.78 Å². The van der Waals surface area contributed by atoms with Gasteiger partial charge in [-0.3, -0.25) is 0 Å². The van der Waals surface area contributed by atoms with Gasteiger partial charge in [-0.2, -0.15) is 10.2 Å². The highest BCUT2D eigenvalue weighted by Gasteiger charge is 2.05. The van der Waals surface area contributed by atoms with Gasteiger partial charge < -0.3 is 5.84 Å². The number of hydrogen-bond donors (Lipinski definition) is 1. The van der Waals surface area contributed by atoms with E-state index >= 15 is 0 Å². The molecule has 0 spiro atoms. The molecule has 0 heterocycles. The van der Waals surface area contributed by atoms with Gasteiger partial charge in [0.15, 0.2) is 5.84 Å². The van der Waals surface area contributed by atoms with E-state index < -0.39 is 11.6 Å². The van der Waals surface area contributed by atoms with E-state index in [0.717, 1.165) is 22.8 Å². The van der Waals surface area contributed by atoms with Crippen molar-refractivity contribution in [3.63, 3.8) is 0 Å². The van der Waals surface area contributed by atoms with E-state index in [9.17, 15) is 8.78 Å². The van der Waals surface area contributed by atoms with Crippen molar-refractivity contribution in [3.05, 3.63) is 82.4 Å². The van der Waals surface area contributed by atoms with Gasteiger partial charge in [0.1, 0.15) is 11.6 Å². The number of halogens is 2. The first-order valence-corrected chi connectivity index (χ1v) is 8.03. The summed E-state index contributed by atoms with van der Waals surface area (Å²) in [6.45, 7) is 1.92. The summed E-state index contributed by atoms with van der Waals surface area (Å²) in [6, 6.07) is 9.16. The van der Waals surface area contributed by atoms with Crippen molar-refractivity contribution in [2.45, 2.75) is 13.3 Å². The number of amidine groups is 1. The molecular formula is C20H20F2N4. The van der Waals surface area contributed by atoms with E-state index in [0.29, 0.717) is 17.8 Å². The summed E-state index contributed by atoms with van der Waals surface area (Å²) in [5.74, 6) is 4.54. The Morgan fingerprint density at radius 2 is 1.77 bits per heavy atom. The third-order valence-electron chi connectivity index (χ3n) is 3.58. The van der Waals surface area contributed by atoms with Gasteiger partial charge >= 0.3 is 0 Å². The Balaban J connectivity index is 2.28. The van der Waals surface area contributed by atoms with Crippen molar-refractivity contribution in [1.82, 2.24) is 0 Å². The normalized spacial score (nSPS) is 12.7. The monoisotopic (exact) mass is 354 g/mol. The molecule has 0 aromatic heterocycles. The van der Waals surface area contributed by atoms with E-state index in [4.69, 9.17) is 5.84 Å². The van der Waals surface area contributed by atoms with Crippen LogP contribution in [-0.2, 0) is 6.42 Å². The molecule has 0 radical (unpaired) electrons. The third-order valence-corrected chi connectivity index (χ3v) is 3.58. The molecule has 2 aromatic carbocycles. The Hall–Kier alpha value is -3.15. The quantitative estimate of drug-likeness (QED) is 0.266. The number of benzene rings is 2. The van der Waals surface area contributed by atoms with Crippen LogP contribution in [0.25, 0.3) is 12.2 Å². The lowest BCUT2D eigenvalue weighted by Gasteiger charge is -2.05. The lowest BCUT2D eigenvalue weighted by atomic mass is 10.0. The van der Waals surface area contributed by atoms with E-state index in [1.807, 2.05) is 49.4 Å². The Morgan fingerprint density at radius 1 is 1.04 bits per heavy atom. The zero-order chi connectivity index (χ0) is 18.9. The number of nitrogens with two attached hydrogens (primary N) is 1. The van der Waals surface area contributed by atoms with Crippen molar-refractivity contribution >= 4 is 18.0 Å². The van der Waals surface area contributed by atoms with Crippen LogP contribution < -0.4 is 5.84 Å². The summed E-state index contributed by atoms with van der Waals surface area (Å²) in [4.78, 5) is 0. The number of azo groups is 1. The molecule has 0 aliphatic heterocycles. The summed E-state index contributed by atoms with van der Waals surface area (Å²) in [5, 5.41) is 11.2. The van der Waals surface area contributed by atoms with E-state index in [-0.39, 0.29) is 0 Å². The molecule has 6 heteroatoms. The molecule has 2 aromatic rings. The molecule has 0 aliphatic rings. The average molecular weight is 354 g/mol. The van der Waals surface area contributed by atoms with Gasteiger partial charge in [-0.25, -0.2) is 8.78 Å². The van der Waals surface area contributed by atoms with E-state index in [1.54, 1.807) is 7.05 Å². The summed E-state index contributed by atoms with van der Waals surface area (Å²) in [5.41, 5.74) is 3.21. The Bertz CT molecular complexity index is 863. The van der Waals surface area contributed by atoms with Crippen molar-refractivity contribution in [2.75, 3.05) is 7.05 Å². The zero-order valence-corrected chi connectivity index (χ0v) is 14.7. The van der Waals surface area contributed by atoms with Gasteiger partial charge in [-0.05, 0) is 48.2 Å². The molecule has 0 saturated heterocycles. The van der Waals surface area contributed by atoms with Crippen LogP contribution >= 0.6 is 0 Å². The summed E-state index contributed by atoms with van der Waals surface area (Å²) >= 11 is 0. The molecule has 26 heavy (non-hydrogen) atoms. The van der Waals surface area contributed by atoms with Crippen molar-refractivity contribution in [2.24, 2.45) is 21.2 Å². The minimum atomic E-state index is -0.578. The lowest BCUT2D eigenvalue weighted by molar-refractivity contribution is 0.580. The molecule has 2 N–H and O–H groups in total. The standard InChI is InChI=1S/C20H20F2N4/c1-3-5-16-12-17(20(25-23)26-24-2)9-8-15(16)7-4-6-14-10-18(21)13-19(22)11-14/h3-5,7-13H,6,23H2,1-2H3/b5-3-,7-4-,25-20-,26-24?. The molecule has 0 bridgehead atoms. The number of allylic oxidation sites excluding steroid dienone is 2. The molecule has 0 aliphatic carbocycles. The smallest absolute Gasteiger partial charge is 0.200 e. The average Bonchev–Trinajstić information content (AvgIpc) is 2.60.